The number of amides is 2. The number of hydroxylamine groups is 2. The molecule has 1 rings (SSSR count). The van der Waals surface area contributed by atoms with Crippen molar-refractivity contribution >= 4 is 17.8 Å². The van der Waals surface area contributed by atoms with Crippen LogP contribution in [0.25, 0.3) is 0 Å². The van der Waals surface area contributed by atoms with E-state index < -0.39 is 17.8 Å². The lowest BCUT2D eigenvalue weighted by atomic mass is 10.2. The number of aliphatic hydroxyl groups is 2. The highest BCUT2D eigenvalue weighted by atomic mass is 16.7. The van der Waals surface area contributed by atoms with Gasteiger partial charge >= 0.3 is 5.97 Å². The summed E-state index contributed by atoms with van der Waals surface area (Å²) in [6.07, 6.45) is 3.21. The predicted molar refractivity (Wildman–Crippen MR) is 65.5 cm³/mol. The number of imide groups is 1. The molecule has 1 fully saturated rings. The smallest absolute Gasteiger partial charge is 0.333 e. The van der Waals surface area contributed by atoms with E-state index in [0.29, 0.717) is 5.06 Å². The molecular formula is C12H21NO6. The average Bonchev–Trinajstić information content (AvgIpc) is 2.71. The van der Waals surface area contributed by atoms with Crippen LogP contribution < -0.4 is 0 Å². The van der Waals surface area contributed by atoms with Crippen LogP contribution in [-0.2, 0) is 19.2 Å². The Morgan fingerprint density at radius 3 is 2.11 bits per heavy atom. The maximum Gasteiger partial charge on any atom is 0.333 e. The van der Waals surface area contributed by atoms with Crippen molar-refractivity contribution in [3.8, 4) is 0 Å². The van der Waals surface area contributed by atoms with Crippen molar-refractivity contribution in [2.45, 2.75) is 45.4 Å². The topological polar surface area (TPSA) is 104 Å². The molecule has 7 heteroatoms. The molecule has 7 nitrogen and oxygen atoms in total. The number of aliphatic hydroxyl groups excluding tert-OH is 2. The fourth-order valence-corrected chi connectivity index (χ4v) is 1.32. The van der Waals surface area contributed by atoms with Crippen molar-refractivity contribution < 1.29 is 29.4 Å². The van der Waals surface area contributed by atoms with Gasteiger partial charge in [0.2, 0.25) is 0 Å². The van der Waals surface area contributed by atoms with E-state index >= 15 is 0 Å². The molecule has 0 bridgehead atoms. The Labute approximate surface area is 112 Å². The molecule has 1 aliphatic rings. The Morgan fingerprint density at radius 1 is 1.16 bits per heavy atom. The Bertz CT molecular complexity index is 287. The first kappa shape index (κ1) is 17.5. The summed E-state index contributed by atoms with van der Waals surface area (Å²) < 4.78 is 0. The van der Waals surface area contributed by atoms with Gasteiger partial charge < -0.3 is 15.1 Å². The molecule has 0 aliphatic carbocycles. The number of rotatable bonds is 6. The van der Waals surface area contributed by atoms with Crippen LogP contribution in [0.1, 0.15) is 45.4 Å². The lowest BCUT2D eigenvalue weighted by Crippen LogP contribution is -2.31. The van der Waals surface area contributed by atoms with Crippen LogP contribution >= 0.6 is 0 Å². The fourth-order valence-electron chi connectivity index (χ4n) is 1.32. The summed E-state index contributed by atoms with van der Waals surface area (Å²) >= 11 is 0. The van der Waals surface area contributed by atoms with Crippen LogP contribution in [0.5, 0.6) is 0 Å². The average molecular weight is 275 g/mol. The van der Waals surface area contributed by atoms with Crippen molar-refractivity contribution in [2.75, 3.05) is 13.2 Å². The van der Waals surface area contributed by atoms with Crippen LogP contribution in [0.4, 0.5) is 0 Å². The highest BCUT2D eigenvalue weighted by molar-refractivity contribution is 6.01. The first-order valence-corrected chi connectivity index (χ1v) is 6.35. The van der Waals surface area contributed by atoms with Gasteiger partial charge in [0, 0.05) is 19.3 Å². The Hall–Kier alpha value is -1.47. The van der Waals surface area contributed by atoms with Gasteiger partial charge in [-0.1, -0.05) is 19.8 Å². The summed E-state index contributed by atoms with van der Waals surface area (Å²) in [5.74, 6) is -1.36. The van der Waals surface area contributed by atoms with Crippen LogP contribution in [0.15, 0.2) is 0 Å². The van der Waals surface area contributed by atoms with E-state index in [0.717, 1.165) is 19.3 Å². The predicted octanol–water partition coefficient (Wildman–Crippen LogP) is 0.145. The minimum absolute atomic E-state index is 0.125. The molecule has 1 aliphatic heterocycles. The molecule has 19 heavy (non-hydrogen) atoms. The van der Waals surface area contributed by atoms with Crippen molar-refractivity contribution in [3.05, 3.63) is 0 Å². The van der Waals surface area contributed by atoms with Crippen LogP contribution in [0.2, 0.25) is 0 Å². The van der Waals surface area contributed by atoms with Crippen molar-refractivity contribution in [2.24, 2.45) is 0 Å². The summed E-state index contributed by atoms with van der Waals surface area (Å²) in [4.78, 5) is 38.0. The highest BCUT2D eigenvalue weighted by Gasteiger charge is 2.32. The third kappa shape index (κ3) is 7.53. The maximum absolute atomic E-state index is 11.2. The number of hydrogen-bond donors (Lipinski definition) is 2. The van der Waals surface area contributed by atoms with Crippen molar-refractivity contribution in [1.29, 1.82) is 0 Å². The first-order chi connectivity index (χ1) is 9.06. The van der Waals surface area contributed by atoms with Crippen LogP contribution in [-0.4, -0.2) is 46.3 Å². The molecule has 110 valence electrons. The Balaban J connectivity index is 0.000000711. The maximum atomic E-state index is 11.2. The standard InChI is InChI=1S/C10H15NO4.C2H6O2/c1-2-3-4-5-10(14)15-11-8(12)6-7-9(11)13;3-1-2-4/h2-7H2,1H3;3-4H,1-2H2. The second-order valence-corrected chi connectivity index (χ2v) is 3.95. The largest absolute Gasteiger partial charge is 0.394 e. The molecule has 1 heterocycles. The van der Waals surface area contributed by atoms with Gasteiger partial charge in [0.15, 0.2) is 0 Å². The number of unbranched alkanes of at least 4 members (excludes halogenated alkanes) is 2. The zero-order valence-electron chi connectivity index (χ0n) is 11.1. The third-order valence-corrected chi connectivity index (χ3v) is 2.28. The van der Waals surface area contributed by atoms with Crippen LogP contribution in [0.3, 0.4) is 0 Å². The summed E-state index contributed by atoms with van der Waals surface area (Å²) in [5, 5.41) is 15.8. The van der Waals surface area contributed by atoms with Gasteiger partial charge in [0.1, 0.15) is 0 Å². The van der Waals surface area contributed by atoms with Gasteiger partial charge in [-0.3, -0.25) is 9.59 Å². The molecule has 2 amide bonds. The van der Waals surface area contributed by atoms with Crippen LogP contribution in [0, 0.1) is 0 Å². The molecular weight excluding hydrogens is 254 g/mol. The molecule has 2 N–H and O–H groups in total. The molecule has 0 aromatic heterocycles. The molecule has 0 unspecified atom stereocenters. The molecule has 0 saturated carbocycles. The fraction of sp³-hybridized carbons (Fsp3) is 0.750. The normalized spacial score (nSPS) is 14.2. The minimum Gasteiger partial charge on any atom is -0.394 e. The molecule has 0 atom stereocenters. The second kappa shape index (κ2) is 10.5. The summed E-state index contributed by atoms with van der Waals surface area (Å²) in [6.45, 7) is 1.78. The van der Waals surface area contributed by atoms with Gasteiger partial charge in [0.25, 0.3) is 11.8 Å². The molecule has 1 saturated heterocycles. The van der Waals surface area contributed by atoms with Gasteiger partial charge in [-0.25, -0.2) is 4.79 Å². The highest BCUT2D eigenvalue weighted by Crippen LogP contribution is 2.13. The van der Waals surface area contributed by atoms with E-state index in [-0.39, 0.29) is 32.5 Å². The zero-order chi connectivity index (χ0) is 14.7. The third-order valence-electron chi connectivity index (χ3n) is 2.28. The Kier molecular flexibility index (Phi) is 9.64. The number of hydrogen-bond acceptors (Lipinski definition) is 6. The van der Waals surface area contributed by atoms with Crippen molar-refractivity contribution in [1.82, 2.24) is 5.06 Å². The number of carbonyl (C=O) groups is 3. The van der Waals surface area contributed by atoms with Gasteiger partial charge in [0.05, 0.1) is 13.2 Å². The van der Waals surface area contributed by atoms with Gasteiger partial charge in [-0.15, -0.1) is 5.06 Å². The van der Waals surface area contributed by atoms with E-state index in [2.05, 4.69) is 4.84 Å². The molecule has 0 aromatic rings. The monoisotopic (exact) mass is 275 g/mol. The van der Waals surface area contributed by atoms with Gasteiger partial charge in [-0.05, 0) is 6.42 Å². The number of nitrogens with zero attached hydrogens (tertiary/aromatic N) is 1. The lowest BCUT2D eigenvalue weighted by molar-refractivity contribution is -0.197. The minimum atomic E-state index is -0.507. The van der Waals surface area contributed by atoms with E-state index in [1.165, 1.54) is 0 Å². The Morgan fingerprint density at radius 2 is 1.68 bits per heavy atom. The van der Waals surface area contributed by atoms with E-state index in [1.54, 1.807) is 0 Å². The molecule has 0 aromatic carbocycles. The summed E-state index contributed by atoms with van der Waals surface area (Å²) in [6, 6.07) is 0. The molecule has 0 radical (unpaired) electrons. The quantitative estimate of drug-likeness (QED) is 0.528. The lowest BCUT2D eigenvalue weighted by Gasteiger charge is -2.12. The SMILES string of the molecule is CCCCCC(=O)ON1C(=O)CCC1=O.OCCO. The second-order valence-electron chi connectivity index (χ2n) is 3.95. The van der Waals surface area contributed by atoms with E-state index in [4.69, 9.17) is 10.2 Å². The first-order valence-electron chi connectivity index (χ1n) is 6.35. The van der Waals surface area contributed by atoms with Gasteiger partial charge in [-0.2, -0.15) is 0 Å². The van der Waals surface area contributed by atoms with E-state index in [9.17, 15) is 14.4 Å². The summed E-state index contributed by atoms with van der Waals surface area (Å²) in [5.41, 5.74) is 0. The zero-order valence-corrected chi connectivity index (χ0v) is 11.1. The van der Waals surface area contributed by atoms with E-state index in [1.807, 2.05) is 6.92 Å². The van der Waals surface area contributed by atoms with Crippen molar-refractivity contribution in [3.63, 3.8) is 0 Å². The number of carbonyl (C=O) groups excluding carboxylic acids is 3. The summed E-state index contributed by atoms with van der Waals surface area (Å²) in [7, 11) is 0. The molecule has 0 spiro atoms.